The Hall–Kier alpha value is -1.84. The second-order valence-corrected chi connectivity index (χ2v) is 8.57. The number of benzene rings is 1. The Morgan fingerprint density at radius 1 is 1.08 bits per heavy atom. The number of esters is 1. The normalized spacial score (nSPS) is 31.7. The minimum atomic E-state index is -0.244. The van der Waals surface area contributed by atoms with Crippen LogP contribution in [0.4, 0.5) is 5.69 Å². The van der Waals surface area contributed by atoms with Crippen molar-refractivity contribution < 1.29 is 14.3 Å². The number of hydrogen-bond acceptors (Lipinski definition) is 3. The molecule has 4 fully saturated rings. The maximum absolute atomic E-state index is 12.7. The number of ether oxygens (including phenoxy) is 1. The quantitative estimate of drug-likeness (QED) is 0.809. The first kappa shape index (κ1) is 17.6. The van der Waals surface area contributed by atoms with Gasteiger partial charge in [-0.15, -0.1) is 0 Å². The van der Waals surface area contributed by atoms with Crippen LogP contribution in [0, 0.1) is 36.5 Å². The highest BCUT2D eigenvalue weighted by Gasteiger charge is 2.51. The summed E-state index contributed by atoms with van der Waals surface area (Å²) in [5.41, 5.74) is 2.99. The number of para-hydroxylation sites is 1. The number of aryl methyl sites for hydroxylation is 2. The molecule has 1 aromatic rings. The lowest BCUT2D eigenvalue weighted by atomic mass is 9.52. The summed E-state index contributed by atoms with van der Waals surface area (Å²) in [6.45, 7) is 3.87. The van der Waals surface area contributed by atoms with Crippen molar-refractivity contribution in [1.29, 1.82) is 0 Å². The van der Waals surface area contributed by atoms with Crippen LogP contribution < -0.4 is 5.32 Å². The molecule has 4 nitrogen and oxygen atoms in total. The number of amides is 1. The van der Waals surface area contributed by atoms with E-state index in [1.165, 1.54) is 32.1 Å². The molecule has 4 bridgehead atoms. The van der Waals surface area contributed by atoms with Gasteiger partial charge in [0.25, 0.3) is 5.91 Å². The predicted octanol–water partition coefficient (Wildman–Crippen LogP) is 4.11. The smallest absolute Gasteiger partial charge is 0.310 e. The van der Waals surface area contributed by atoms with E-state index >= 15 is 0 Å². The van der Waals surface area contributed by atoms with Gasteiger partial charge in [0.2, 0.25) is 0 Å². The third-order valence-electron chi connectivity index (χ3n) is 6.85. The Labute approximate surface area is 155 Å². The Morgan fingerprint density at radius 3 is 2.35 bits per heavy atom. The van der Waals surface area contributed by atoms with E-state index < -0.39 is 0 Å². The van der Waals surface area contributed by atoms with Gasteiger partial charge in [0.15, 0.2) is 6.61 Å². The van der Waals surface area contributed by atoms with Crippen LogP contribution in [0.5, 0.6) is 0 Å². The SMILES string of the molecule is CCc1cccc(C)c1NC(=O)COC(=O)C1C2CC3CC(C2)CC1C3. The fourth-order valence-electron chi connectivity index (χ4n) is 5.92. The first-order valence-electron chi connectivity index (χ1n) is 10.1. The summed E-state index contributed by atoms with van der Waals surface area (Å²) in [5, 5.41) is 2.94. The van der Waals surface area contributed by atoms with Crippen LogP contribution in [0.1, 0.15) is 50.2 Å². The average molecular weight is 355 g/mol. The largest absolute Gasteiger partial charge is 0.455 e. The lowest BCUT2D eigenvalue weighted by Gasteiger charge is -2.53. The van der Waals surface area contributed by atoms with Crippen LogP contribution in [0.3, 0.4) is 0 Å². The number of hydrogen-bond donors (Lipinski definition) is 1. The van der Waals surface area contributed by atoms with Gasteiger partial charge < -0.3 is 10.1 Å². The number of carbonyl (C=O) groups is 2. The molecule has 26 heavy (non-hydrogen) atoms. The topological polar surface area (TPSA) is 55.4 Å². The third kappa shape index (κ3) is 3.26. The molecule has 140 valence electrons. The molecule has 0 spiro atoms. The van der Waals surface area contributed by atoms with Gasteiger partial charge in [-0.05, 0) is 80.2 Å². The Balaban J connectivity index is 1.34. The molecule has 5 rings (SSSR count). The van der Waals surface area contributed by atoms with Crippen LogP contribution in [0.2, 0.25) is 0 Å². The summed E-state index contributed by atoms with van der Waals surface area (Å²) in [6.07, 6.45) is 6.95. The molecule has 4 aliphatic carbocycles. The molecule has 1 N–H and O–H groups in total. The fourth-order valence-corrected chi connectivity index (χ4v) is 5.92. The van der Waals surface area contributed by atoms with Crippen molar-refractivity contribution in [3.63, 3.8) is 0 Å². The molecule has 0 unspecified atom stereocenters. The van der Waals surface area contributed by atoms with E-state index in [9.17, 15) is 9.59 Å². The summed E-state index contributed by atoms with van der Waals surface area (Å²) in [4.78, 5) is 25.0. The van der Waals surface area contributed by atoms with Crippen LogP contribution >= 0.6 is 0 Å². The van der Waals surface area contributed by atoms with Gasteiger partial charge in [0.05, 0.1) is 5.92 Å². The Morgan fingerprint density at radius 2 is 1.73 bits per heavy atom. The zero-order valence-electron chi connectivity index (χ0n) is 15.8. The van der Waals surface area contributed by atoms with Crippen molar-refractivity contribution in [2.45, 2.75) is 52.4 Å². The van der Waals surface area contributed by atoms with Crippen molar-refractivity contribution in [3.05, 3.63) is 29.3 Å². The van der Waals surface area contributed by atoms with E-state index in [0.29, 0.717) is 11.8 Å². The standard InChI is InChI=1S/C22H29NO3/c1-3-16-6-4-5-13(2)21(16)23-19(24)12-26-22(25)20-17-8-14-7-15(10-17)11-18(20)9-14/h4-6,14-15,17-18,20H,3,7-12H2,1-2H3,(H,23,24). The number of nitrogens with one attached hydrogen (secondary N) is 1. The van der Waals surface area contributed by atoms with Gasteiger partial charge in [-0.2, -0.15) is 0 Å². The van der Waals surface area contributed by atoms with Crippen LogP contribution in [-0.2, 0) is 20.7 Å². The van der Waals surface area contributed by atoms with Gasteiger partial charge in [-0.3, -0.25) is 9.59 Å². The number of carbonyl (C=O) groups excluding carboxylic acids is 2. The van der Waals surface area contributed by atoms with Crippen LogP contribution in [0.15, 0.2) is 18.2 Å². The number of rotatable bonds is 5. The van der Waals surface area contributed by atoms with Crippen LogP contribution in [0.25, 0.3) is 0 Å². The molecule has 0 atom stereocenters. The molecule has 0 heterocycles. The first-order chi connectivity index (χ1) is 12.5. The first-order valence-corrected chi connectivity index (χ1v) is 10.1. The van der Waals surface area contributed by atoms with Crippen LogP contribution in [-0.4, -0.2) is 18.5 Å². The lowest BCUT2D eigenvalue weighted by Crippen LogP contribution is -2.48. The summed E-state index contributed by atoms with van der Waals surface area (Å²) in [6, 6.07) is 5.99. The van der Waals surface area contributed by atoms with Gasteiger partial charge in [0.1, 0.15) is 0 Å². The fraction of sp³-hybridized carbons (Fsp3) is 0.636. The van der Waals surface area contributed by atoms with Gasteiger partial charge in [-0.25, -0.2) is 0 Å². The summed E-state index contributed by atoms with van der Waals surface area (Å²) in [7, 11) is 0. The van der Waals surface area contributed by atoms with Crippen molar-refractivity contribution in [2.24, 2.45) is 29.6 Å². The van der Waals surface area contributed by atoms with E-state index in [-0.39, 0.29) is 24.4 Å². The maximum Gasteiger partial charge on any atom is 0.310 e. The highest BCUT2D eigenvalue weighted by atomic mass is 16.5. The molecule has 0 saturated heterocycles. The van der Waals surface area contributed by atoms with Gasteiger partial charge in [-0.1, -0.05) is 25.1 Å². The van der Waals surface area contributed by atoms with Crippen molar-refractivity contribution >= 4 is 17.6 Å². The van der Waals surface area contributed by atoms with Crippen molar-refractivity contribution in [2.75, 3.05) is 11.9 Å². The molecule has 0 radical (unpaired) electrons. The van der Waals surface area contributed by atoms with Gasteiger partial charge in [0, 0.05) is 5.69 Å². The molecule has 4 saturated carbocycles. The predicted molar refractivity (Wildman–Crippen MR) is 101 cm³/mol. The van der Waals surface area contributed by atoms with Crippen molar-refractivity contribution in [3.8, 4) is 0 Å². The molecular formula is C22H29NO3. The second kappa shape index (κ2) is 7.05. The third-order valence-corrected chi connectivity index (χ3v) is 6.85. The van der Waals surface area contributed by atoms with Gasteiger partial charge >= 0.3 is 5.97 Å². The number of anilines is 1. The molecule has 4 aliphatic rings. The van der Waals surface area contributed by atoms with E-state index in [0.717, 1.165) is 35.1 Å². The molecule has 1 amide bonds. The lowest BCUT2D eigenvalue weighted by molar-refractivity contribution is -0.164. The summed E-state index contributed by atoms with van der Waals surface area (Å²) in [5.74, 6) is 2.28. The molecular weight excluding hydrogens is 326 g/mol. The zero-order valence-corrected chi connectivity index (χ0v) is 15.8. The minimum Gasteiger partial charge on any atom is -0.455 e. The molecule has 0 aliphatic heterocycles. The molecule has 0 aromatic heterocycles. The average Bonchev–Trinajstić information content (AvgIpc) is 2.60. The highest BCUT2D eigenvalue weighted by molar-refractivity contribution is 5.94. The monoisotopic (exact) mass is 355 g/mol. The highest BCUT2D eigenvalue weighted by Crippen LogP contribution is 2.56. The summed E-state index contributed by atoms with van der Waals surface area (Å²) < 4.78 is 5.46. The van der Waals surface area contributed by atoms with E-state index in [4.69, 9.17) is 4.74 Å². The van der Waals surface area contributed by atoms with E-state index in [2.05, 4.69) is 12.2 Å². The second-order valence-electron chi connectivity index (χ2n) is 8.57. The van der Waals surface area contributed by atoms with E-state index in [1.807, 2.05) is 25.1 Å². The zero-order chi connectivity index (χ0) is 18.3. The minimum absolute atomic E-state index is 0.0280. The summed E-state index contributed by atoms with van der Waals surface area (Å²) >= 11 is 0. The maximum atomic E-state index is 12.7. The Kier molecular flexibility index (Phi) is 4.76. The van der Waals surface area contributed by atoms with Crippen molar-refractivity contribution in [1.82, 2.24) is 0 Å². The molecule has 1 aromatic carbocycles. The molecule has 4 heteroatoms. The van der Waals surface area contributed by atoms with E-state index in [1.54, 1.807) is 0 Å². The Bertz CT molecular complexity index is 683.